The number of hydrogen-bond acceptors (Lipinski definition) is 3. The summed E-state index contributed by atoms with van der Waals surface area (Å²) in [6, 6.07) is 13.6. The monoisotopic (exact) mass is 416 g/mol. The molecule has 3 rings (SSSR count). The number of pyridine rings is 1. The summed E-state index contributed by atoms with van der Waals surface area (Å²) in [4.78, 5) is 18.4. The minimum absolute atomic E-state index is 0.0360. The van der Waals surface area contributed by atoms with E-state index in [1.54, 1.807) is 47.5 Å². The van der Waals surface area contributed by atoms with Crippen molar-refractivity contribution in [2.24, 2.45) is 0 Å². The number of nitrogens with zero attached hydrogens (tertiary/aromatic N) is 2. The van der Waals surface area contributed by atoms with Crippen LogP contribution < -0.4 is 4.90 Å². The van der Waals surface area contributed by atoms with Crippen molar-refractivity contribution in [2.75, 3.05) is 11.4 Å². The first-order valence-electron chi connectivity index (χ1n) is 8.34. The van der Waals surface area contributed by atoms with Crippen LogP contribution in [0.25, 0.3) is 11.3 Å². The number of anilines is 1. The van der Waals surface area contributed by atoms with Gasteiger partial charge in [-0.05, 0) is 59.3 Å². The lowest BCUT2D eigenvalue weighted by Crippen LogP contribution is -2.31. The van der Waals surface area contributed by atoms with Crippen molar-refractivity contribution in [3.05, 3.63) is 70.8 Å². The molecule has 0 saturated carbocycles. The van der Waals surface area contributed by atoms with Crippen LogP contribution in [0, 0.1) is 5.82 Å². The van der Waals surface area contributed by atoms with Crippen LogP contribution in [0.3, 0.4) is 0 Å². The molecule has 1 aromatic carbocycles. The number of furan rings is 1. The van der Waals surface area contributed by atoms with Crippen LogP contribution in [-0.2, 0) is 11.2 Å². The molecule has 0 radical (unpaired) electrons. The van der Waals surface area contributed by atoms with E-state index in [0.29, 0.717) is 35.9 Å². The zero-order chi connectivity index (χ0) is 18.5. The Labute approximate surface area is 159 Å². The molecule has 0 aliphatic carbocycles. The first-order chi connectivity index (χ1) is 12.6. The number of aromatic nitrogens is 1. The van der Waals surface area contributed by atoms with Crippen molar-refractivity contribution in [1.82, 2.24) is 4.98 Å². The predicted molar refractivity (Wildman–Crippen MR) is 102 cm³/mol. The van der Waals surface area contributed by atoms with Crippen LogP contribution in [0.5, 0.6) is 0 Å². The molecule has 4 nitrogen and oxygen atoms in total. The maximum atomic E-state index is 13.8. The van der Waals surface area contributed by atoms with Crippen LogP contribution in [-0.4, -0.2) is 17.4 Å². The molecule has 26 heavy (non-hydrogen) atoms. The van der Waals surface area contributed by atoms with E-state index in [0.717, 1.165) is 4.47 Å². The van der Waals surface area contributed by atoms with Crippen molar-refractivity contribution in [3.8, 4) is 11.3 Å². The Morgan fingerprint density at radius 3 is 2.69 bits per heavy atom. The average molecular weight is 417 g/mol. The first-order valence-corrected chi connectivity index (χ1v) is 9.13. The zero-order valence-electron chi connectivity index (χ0n) is 14.3. The van der Waals surface area contributed by atoms with E-state index in [9.17, 15) is 9.18 Å². The Kier molecular flexibility index (Phi) is 5.83. The molecule has 0 saturated heterocycles. The number of amides is 1. The minimum Gasteiger partial charge on any atom is -0.461 e. The number of rotatable bonds is 6. The van der Waals surface area contributed by atoms with Crippen molar-refractivity contribution in [3.63, 3.8) is 0 Å². The highest BCUT2D eigenvalue weighted by Gasteiger charge is 2.16. The standard InChI is InChI=1S/C20H18BrFN2O2/c1-2-24(19-11-7-14(21)13-23-19)20(25)12-9-15-8-10-18(26-15)16-5-3-4-6-17(16)22/h3-8,10-11,13H,2,9,12H2,1H3. The maximum Gasteiger partial charge on any atom is 0.228 e. The number of hydrogen-bond donors (Lipinski definition) is 0. The second-order valence-corrected chi connectivity index (χ2v) is 6.63. The van der Waals surface area contributed by atoms with E-state index in [1.165, 1.54) is 6.07 Å². The van der Waals surface area contributed by atoms with E-state index in [2.05, 4.69) is 20.9 Å². The number of carbonyl (C=O) groups excluding carboxylic acids is 1. The summed E-state index contributed by atoms with van der Waals surface area (Å²) < 4.78 is 20.4. The van der Waals surface area contributed by atoms with Gasteiger partial charge >= 0.3 is 0 Å². The van der Waals surface area contributed by atoms with Gasteiger partial charge in [0.25, 0.3) is 0 Å². The molecule has 6 heteroatoms. The highest BCUT2D eigenvalue weighted by atomic mass is 79.9. The quantitative estimate of drug-likeness (QED) is 0.552. The third-order valence-electron chi connectivity index (χ3n) is 3.99. The van der Waals surface area contributed by atoms with Crippen molar-refractivity contribution >= 4 is 27.7 Å². The summed E-state index contributed by atoms with van der Waals surface area (Å²) in [6.07, 6.45) is 2.40. The summed E-state index contributed by atoms with van der Waals surface area (Å²) in [5.41, 5.74) is 0.416. The van der Waals surface area contributed by atoms with Gasteiger partial charge in [0.1, 0.15) is 23.2 Å². The number of benzene rings is 1. The van der Waals surface area contributed by atoms with Crippen molar-refractivity contribution in [2.45, 2.75) is 19.8 Å². The maximum absolute atomic E-state index is 13.8. The van der Waals surface area contributed by atoms with E-state index in [4.69, 9.17) is 4.42 Å². The van der Waals surface area contributed by atoms with Gasteiger partial charge in [-0.1, -0.05) is 12.1 Å². The third kappa shape index (κ3) is 4.19. The number of aryl methyl sites for hydroxylation is 1. The van der Waals surface area contributed by atoms with Crippen LogP contribution in [0.2, 0.25) is 0 Å². The summed E-state index contributed by atoms with van der Waals surface area (Å²) in [7, 11) is 0. The molecule has 3 aromatic rings. The zero-order valence-corrected chi connectivity index (χ0v) is 15.9. The Balaban J connectivity index is 1.66. The molecular formula is C20H18BrFN2O2. The SMILES string of the molecule is CCN(C(=O)CCc1ccc(-c2ccccc2F)o1)c1ccc(Br)cn1. The molecular weight excluding hydrogens is 399 g/mol. The molecule has 1 amide bonds. The lowest BCUT2D eigenvalue weighted by atomic mass is 10.1. The molecule has 2 aromatic heterocycles. The number of halogens is 2. The highest BCUT2D eigenvalue weighted by Crippen LogP contribution is 2.25. The fourth-order valence-corrected chi connectivity index (χ4v) is 2.91. The lowest BCUT2D eigenvalue weighted by molar-refractivity contribution is -0.118. The second-order valence-electron chi connectivity index (χ2n) is 5.72. The Bertz CT molecular complexity index is 893. The molecule has 0 N–H and O–H groups in total. The lowest BCUT2D eigenvalue weighted by Gasteiger charge is -2.19. The van der Waals surface area contributed by atoms with Gasteiger partial charge in [-0.3, -0.25) is 9.69 Å². The van der Waals surface area contributed by atoms with Crippen LogP contribution in [0.4, 0.5) is 10.2 Å². The van der Waals surface area contributed by atoms with E-state index in [1.807, 2.05) is 13.0 Å². The summed E-state index contributed by atoms with van der Waals surface area (Å²) in [5, 5.41) is 0. The van der Waals surface area contributed by atoms with Crippen LogP contribution in [0.15, 0.2) is 63.6 Å². The highest BCUT2D eigenvalue weighted by molar-refractivity contribution is 9.10. The molecule has 0 aliphatic heterocycles. The topological polar surface area (TPSA) is 46.3 Å². The fourth-order valence-electron chi connectivity index (χ4n) is 2.68. The second kappa shape index (κ2) is 8.27. The fraction of sp³-hybridized carbons (Fsp3) is 0.200. The number of carbonyl (C=O) groups is 1. The van der Waals surface area contributed by atoms with Gasteiger partial charge in [0.15, 0.2) is 0 Å². The molecule has 0 spiro atoms. The molecule has 0 fully saturated rings. The van der Waals surface area contributed by atoms with Gasteiger partial charge in [0, 0.05) is 30.1 Å². The van der Waals surface area contributed by atoms with Crippen LogP contribution >= 0.6 is 15.9 Å². The predicted octanol–water partition coefficient (Wildman–Crippen LogP) is 5.23. The molecule has 0 unspecified atom stereocenters. The molecule has 0 aliphatic rings. The molecule has 0 bridgehead atoms. The van der Waals surface area contributed by atoms with Gasteiger partial charge in [-0.15, -0.1) is 0 Å². The summed E-state index contributed by atoms with van der Waals surface area (Å²) in [5.74, 6) is 1.37. The van der Waals surface area contributed by atoms with Crippen molar-refractivity contribution < 1.29 is 13.6 Å². The first kappa shape index (κ1) is 18.3. The molecule has 134 valence electrons. The Hall–Kier alpha value is -2.47. The van der Waals surface area contributed by atoms with Crippen molar-refractivity contribution in [1.29, 1.82) is 0 Å². The van der Waals surface area contributed by atoms with Gasteiger partial charge in [0.2, 0.25) is 5.91 Å². The smallest absolute Gasteiger partial charge is 0.228 e. The molecule has 0 atom stereocenters. The summed E-state index contributed by atoms with van der Waals surface area (Å²) in [6.45, 7) is 2.44. The normalized spacial score (nSPS) is 10.7. The summed E-state index contributed by atoms with van der Waals surface area (Å²) >= 11 is 3.34. The third-order valence-corrected chi connectivity index (χ3v) is 4.46. The van der Waals surface area contributed by atoms with E-state index >= 15 is 0 Å². The van der Waals surface area contributed by atoms with E-state index < -0.39 is 0 Å². The van der Waals surface area contributed by atoms with Gasteiger partial charge in [-0.2, -0.15) is 0 Å². The van der Waals surface area contributed by atoms with Gasteiger partial charge < -0.3 is 4.42 Å². The van der Waals surface area contributed by atoms with Gasteiger partial charge in [-0.25, -0.2) is 9.37 Å². The minimum atomic E-state index is -0.331. The Morgan fingerprint density at radius 2 is 2.00 bits per heavy atom. The largest absolute Gasteiger partial charge is 0.461 e. The average Bonchev–Trinajstić information content (AvgIpc) is 3.11. The van der Waals surface area contributed by atoms with Crippen LogP contribution in [0.1, 0.15) is 19.1 Å². The van der Waals surface area contributed by atoms with E-state index in [-0.39, 0.29) is 18.1 Å². The molecule has 2 heterocycles. The van der Waals surface area contributed by atoms with Gasteiger partial charge in [0.05, 0.1) is 5.56 Å². The Morgan fingerprint density at radius 1 is 1.19 bits per heavy atom.